The molecule has 1 nitrogen and oxygen atoms in total. The number of fused-ring (bicyclic) bond motifs is 4. The van der Waals surface area contributed by atoms with Gasteiger partial charge < -0.3 is 4.90 Å². The molecule has 0 aliphatic heterocycles. The standard InChI is InChI=1S/C65H109N/c1-66(52-36-30-44(31-37-52)50-34-40-58-60(42-50)64(48-22-10-4-11-23-48)56-28-16-14-26-54(56)62(58)46-18-6-2-7-19-46)53-38-32-45(33-39-53)51-35-41-59-61(43-51)65(49-24-12-5-13-25-49)57-29-17-15-27-55(57)63(59)47-20-8-3-9-21-47/h44-65H,2-43H2,1H3. The van der Waals surface area contributed by atoms with Gasteiger partial charge in [0.2, 0.25) is 0 Å². The van der Waals surface area contributed by atoms with Crippen LogP contribution in [0.15, 0.2) is 0 Å². The lowest BCUT2D eigenvalue weighted by atomic mass is 9.44. The van der Waals surface area contributed by atoms with Crippen LogP contribution < -0.4 is 0 Å². The van der Waals surface area contributed by atoms with Crippen LogP contribution in [0.1, 0.15) is 270 Å². The highest BCUT2D eigenvalue weighted by molar-refractivity contribution is 5.07. The zero-order valence-corrected chi connectivity index (χ0v) is 43.8. The van der Waals surface area contributed by atoms with E-state index in [1.54, 1.807) is 244 Å². The summed E-state index contributed by atoms with van der Waals surface area (Å²) in [7, 11) is 2.64. The molecule has 14 unspecified atom stereocenters. The molecule has 0 heterocycles. The van der Waals surface area contributed by atoms with Gasteiger partial charge >= 0.3 is 0 Å². The minimum atomic E-state index is 0.886. The van der Waals surface area contributed by atoms with Gasteiger partial charge in [-0.25, -0.2) is 0 Å². The van der Waals surface area contributed by atoms with E-state index in [1.165, 1.54) is 25.7 Å². The van der Waals surface area contributed by atoms with Gasteiger partial charge in [-0.15, -0.1) is 0 Å². The van der Waals surface area contributed by atoms with E-state index in [0.29, 0.717) is 0 Å². The summed E-state index contributed by atoms with van der Waals surface area (Å²) < 4.78 is 0. The van der Waals surface area contributed by atoms with E-state index >= 15 is 0 Å². The van der Waals surface area contributed by atoms with Gasteiger partial charge in [-0.1, -0.05) is 154 Å². The van der Waals surface area contributed by atoms with Crippen LogP contribution in [-0.4, -0.2) is 24.0 Å². The second kappa shape index (κ2) is 21.6. The molecule has 12 fully saturated rings. The predicted octanol–water partition coefficient (Wildman–Crippen LogP) is 18.5. The molecular formula is C65H109N. The number of nitrogens with zero attached hydrogens (tertiary/aromatic N) is 1. The van der Waals surface area contributed by atoms with Gasteiger partial charge in [-0.2, -0.15) is 0 Å². The van der Waals surface area contributed by atoms with Crippen LogP contribution in [0.2, 0.25) is 0 Å². The number of hydrogen-bond acceptors (Lipinski definition) is 1. The molecule has 0 aromatic heterocycles. The molecule has 12 aliphatic rings. The maximum absolute atomic E-state index is 3.04. The molecule has 0 aromatic carbocycles. The van der Waals surface area contributed by atoms with Crippen molar-refractivity contribution in [1.29, 1.82) is 0 Å². The number of hydrogen-bond donors (Lipinski definition) is 0. The molecule has 12 aliphatic carbocycles. The number of rotatable bonds is 8. The van der Waals surface area contributed by atoms with Crippen LogP contribution in [0.3, 0.4) is 0 Å². The van der Waals surface area contributed by atoms with Crippen LogP contribution in [-0.2, 0) is 0 Å². The zero-order chi connectivity index (χ0) is 44.0. The van der Waals surface area contributed by atoms with E-state index in [0.717, 1.165) is 130 Å². The summed E-state index contributed by atoms with van der Waals surface area (Å²) in [6.07, 6.45) is 66.7. The van der Waals surface area contributed by atoms with Gasteiger partial charge in [-0.3, -0.25) is 0 Å². The topological polar surface area (TPSA) is 3.24 Å². The average molecular weight is 905 g/mol. The Morgan fingerprint density at radius 2 is 0.439 bits per heavy atom. The van der Waals surface area contributed by atoms with E-state index in [4.69, 9.17) is 0 Å². The van der Waals surface area contributed by atoms with Crippen molar-refractivity contribution in [1.82, 2.24) is 4.90 Å². The Bertz CT molecular complexity index is 1370. The third-order valence-electron chi connectivity index (χ3n) is 26.4. The van der Waals surface area contributed by atoms with Crippen LogP contribution in [0.25, 0.3) is 0 Å². The summed E-state index contributed by atoms with van der Waals surface area (Å²) >= 11 is 0. The quantitative estimate of drug-likeness (QED) is 0.235. The maximum atomic E-state index is 3.04. The first-order valence-electron chi connectivity index (χ1n) is 32.4. The third kappa shape index (κ3) is 9.43. The molecule has 14 atom stereocenters. The van der Waals surface area contributed by atoms with Crippen LogP contribution in [0.4, 0.5) is 0 Å². The van der Waals surface area contributed by atoms with Crippen LogP contribution >= 0.6 is 0 Å². The van der Waals surface area contributed by atoms with Crippen molar-refractivity contribution in [3.63, 3.8) is 0 Å². The SMILES string of the molecule is CN(C1CCC(C2CCC3C(C2)C(C2CCCCC2)C2CCCCC2C3C2CCCCC2)CC1)C1CCC(C2CCC3C(C2)C(C2CCCCC2)C2CCCCC2C3C2CCCCC2)CC1. The Labute approximate surface area is 410 Å². The normalized spacial score (nSPS) is 48.5. The molecule has 374 valence electrons. The van der Waals surface area contributed by atoms with E-state index in [-0.39, 0.29) is 0 Å². The summed E-state index contributed by atoms with van der Waals surface area (Å²) in [6, 6.07) is 1.77. The summed E-state index contributed by atoms with van der Waals surface area (Å²) in [5.41, 5.74) is 0. The molecule has 0 radical (unpaired) electrons. The molecule has 0 aromatic rings. The minimum Gasteiger partial charge on any atom is -0.300 e. The molecule has 0 N–H and O–H groups in total. The second-order valence-electron chi connectivity index (χ2n) is 28.7. The average Bonchev–Trinajstić information content (AvgIpc) is 3.40. The highest BCUT2D eigenvalue weighted by atomic mass is 15.2. The molecule has 0 saturated heterocycles. The molecule has 0 bridgehead atoms. The first-order chi connectivity index (χ1) is 32.7. The first kappa shape index (κ1) is 47.0. The van der Waals surface area contributed by atoms with Gasteiger partial charge in [0.1, 0.15) is 0 Å². The van der Waals surface area contributed by atoms with Crippen molar-refractivity contribution in [2.24, 2.45) is 118 Å². The van der Waals surface area contributed by atoms with Gasteiger partial charge in [-0.05, 0) is 241 Å². The molecule has 0 amide bonds. The van der Waals surface area contributed by atoms with Crippen molar-refractivity contribution >= 4 is 0 Å². The Morgan fingerprint density at radius 3 is 0.742 bits per heavy atom. The summed E-state index contributed by atoms with van der Waals surface area (Å²) in [4.78, 5) is 3.04. The zero-order valence-electron chi connectivity index (χ0n) is 43.8. The van der Waals surface area contributed by atoms with E-state index in [1.807, 2.05) is 0 Å². The molecular weight excluding hydrogens is 795 g/mol. The lowest BCUT2D eigenvalue weighted by molar-refractivity contribution is -0.124. The summed E-state index contributed by atoms with van der Waals surface area (Å²) in [5, 5.41) is 0. The molecule has 66 heavy (non-hydrogen) atoms. The summed E-state index contributed by atoms with van der Waals surface area (Å²) in [6.45, 7) is 0. The van der Waals surface area contributed by atoms with Gasteiger partial charge in [0.25, 0.3) is 0 Å². The minimum absolute atomic E-state index is 0.886. The fourth-order valence-corrected chi connectivity index (χ4v) is 23.9. The Morgan fingerprint density at radius 1 is 0.197 bits per heavy atom. The Kier molecular flexibility index (Phi) is 15.4. The summed E-state index contributed by atoms with van der Waals surface area (Å²) in [5.74, 6) is 22.2. The lowest BCUT2D eigenvalue weighted by Gasteiger charge is -2.61. The molecule has 12 rings (SSSR count). The van der Waals surface area contributed by atoms with E-state index < -0.39 is 0 Å². The van der Waals surface area contributed by atoms with Crippen LogP contribution in [0.5, 0.6) is 0 Å². The fourth-order valence-electron chi connectivity index (χ4n) is 23.9. The van der Waals surface area contributed by atoms with Gasteiger partial charge in [0.05, 0.1) is 0 Å². The Balaban J connectivity index is 0.671. The lowest BCUT2D eigenvalue weighted by Crippen LogP contribution is -2.54. The van der Waals surface area contributed by atoms with Crippen LogP contribution in [0, 0.1) is 118 Å². The maximum Gasteiger partial charge on any atom is 0.00953 e. The highest BCUT2D eigenvalue weighted by Gasteiger charge is 2.58. The van der Waals surface area contributed by atoms with E-state index in [9.17, 15) is 0 Å². The van der Waals surface area contributed by atoms with Crippen molar-refractivity contribution in [2.45, 2.75) is 282 Å². The fraction of sp³-hybridized carbons (Fsp3) is 1.00. The molecule has 0 spiro atoms. The predicted molar refractivity (Wildman–Crippen MR) is 279 cm³/mol. The Hall–Kier alpha value is -0.0400. The van der Waals surface area contributed by atoms with Crippen molar-refractivity contribution in [2.75, 3.05) is 7.05 Å². The molecule has 12 saturated carbocycles. The van der Waals surface area contributed by atoms with Crippen molar-refractivity contribution in [3.05, 3.63) is 0 Å². The van der Waals surface area contributed by atoms with Gasteiger partial charge in [0, 0.05) is 12.1 Å². The molecule has 1 heteroatoms. The van der Waals surface area contributed by atoms with Crippen molar-refractivity contribution in [3.8, 4) is 0 Å². The smallest absolute Gasteiger partial charge is 0.00953 e. The van der Waals surface area contributed by atoms with Crippen molar-refractivity contribution < 1.29 is 0 Å². The second-order valence-corrected chi connectivity index (χ2v) is 28.7. The van der Waals surface area contributed by atoms with Gasteiger partial charge in [0.15, 0.2) is 0 Å². The third-order valence-corrected chi connectivity index (χ3v) is 26.4. The monoisotopic (exact) mass is 904 g/mol. The highest BCUT2D eigenvalue weighted by Crippen LogP contribution is 2.66. The first-order valence-corrected chi connectivity index (χ1v) is 32.4. The largest absolute Gasteiger partial charge is 0.300 e. The van der Waals surface area contributed by atoms with E-state index in [2.05, 4.69) is 11.9 Å².